The maximum atomic E-state index is 11.6. The smallest absolute Gasteiger partial charge is 0.267 e. The summed E-state index contributed by atoms with van der Waals surface area (Å²) in [7, 11) is 1.62. The molecule has 0 aromatic carbocycles. The van der Waals surface area contributed by atoms with Gasteiger partial charge in [-0.15, -0.1) is 0 Å². The third-order valence-electron chi connectivity index (χ3n) is 2.34. The van der Waals surface area contributed by atoms with Gasteiger partial charge in [-0.3, -0.25) is 9.79 Å². The molecule has 0 spiro atoms. The highest BCUT2D eigenvalue weighted by atomic mass is 16.2. The number of rotatable bonds is 5. The standard InChI is InChI=1S/C10H19N3O/c1-3-4-8(11)9(12-2)10(14)13-7-5-6-7/h7-8H,3-6,11H2,1-2H3,(H,13,14). The maximum absolute atomic E-state index is 11.6. The minimum atomic E-state index is -0.219. The first kappa shape index (κ1) is 11.2. The molecule has 1 fully saturated rings. The number of nitrogens with zero attached hydrogens (tertiary/aromatic N) is 1. The van der Waals surface area contributed by atoms with Crippen LogP contribution in [0, 0.1) is 0 Å². The molecule has 0 aromatic heterocycles. The van der Waals surface area contributed by atoms with Crippen LogP contribution in [0.5, 0.6) is 0 Å². The second-order valence-corrected chi connectivity index (χ2v) is 3.75. The van der Waals surface area contributed by atoms with Gasteiger partial charge in [0, 0.05) is 13.1 Å². The van der Waals surface area contributed by atoms with E-state index >= 15 is 0 Å². The van der Waals surface area contributed by atoms with Crippen molar-refractivity contribution in [2.24, 2.45) is 10.7 Å². The number of aliphatic imine (C=N–C) groups is 1. The summed E-state index contributed by atoms with van der Waals surface area (Å²) in [5, 5.41) is 2.89. The number of amides is 1. The average molecular weight is 197 g/mol. The molecule has 1 unspecified atom stereocenters. The molecule has 0 aliphatic heterocycles. The first-order valence-corrected chi connectivity index (χ1v) is 5.22. The van der Waals surface area contributed by atoms with E-state index in [1.165, 1.54) is 0 Å². The molecule has 1 rings (SSSR count). The second-order valence-electron chi connectivity index (χ2n) is 3.75. The Labute approximate surface area is 85.0 Å². The molecule has 1 atom stereocenters. The molecule has 1 aliphatic rings. The Kier molecular flexibility index (Phi) is 4.07. The predicted molar refractivity (Wildman–Crippen MR) is 57.4 cm³/mol. The molecule has 3 N–H and O–H groups in total. The third-order valence-corrected chi connectivity index (χ3v) is 2.34. The summed E-state index contributed by atoms with van der Waals surface area (Å²) in [6.45, 7) is 2.05. The van der Waals surface area contributed by atoms with Crippen LogP contribution in [0.25, 0.3) is 0 Å². The molecule has 0 radical (unpaired) electrons. The van der Waals surface area contributed by atoms with Crippen LogP contribution >= 0.6 is 0 Å². The Morgan fingerprint density at radius 1 is 1.64 bits per heavy atom. The number of hydrogen-bond acceptors (Lipinski definition) is 3. The molecule has 80 valence electrons. The van der Waals surface area contributed by atoms with Gasteiger partial charge in [-0.1, -0.05) is 13.3 Å². The zero-order valence-corrected chi connectivity index (χ0v) is 8.92. The zero-order chi connectivity index (χ0) is 10.6. The summed E-state index contributed by atoms with van der Waals surface area (Å²) in [4.78, 5) is 15.6. The van der Waals surface area contributed by atoms with Crippen molar-refractivity contribution in [1.29, 1.82) is 0 Å². The van der Waals surface area contributed by atoms with Gasteiger partial charge >= 0.3 is 0 Å². The highest BCUT2D eigenvalue weighted by molar-refractivity contribution is 6.40. The van der Waals surface area contributed by atoms with Crippen molar-refractivity contribution in [2.45, 2.75) is 44.7 Å². The van der Waals surface area contributed by atoms with Gasteiger partial charge in [0.05, 0.1) is 6.04 Å². The number of hydrogen-bond donors (Lipinski definition) is 2. The summed E-state index contributed by atoms with van der Waals surface area (Å²) in [6, 6.07) is 0.150. The molecule has 0 heterocycles. The summed E-state index contributed by atoms with van der Waals surface area (Å²) in [5.41, 5.74) is 6.33. The Bertz CT molecular complexity index is 234. The molecule has 1 amide bonds. The van der Waals surface area contributed by atoms with Gasteiger partial charge in [0.2, 0.25) is 0 Å². The lowest BCUT2D eigenvalue weighted by atomic mass is 10.1. The topological polar surface area (TPSA) is 67.5 Å². The van der Waals surface area contributed by atoms with Gasteiger partial charge in [-0.05, 0) is 19.3 Å². The Balaban J connectivity index is 2.46. The van der Waals surface area contributed by atoms with Gasteiger partial charge < -0.3 is 11.1 Å². The minimum Gasteiger partial charge on any atom is -0.348 e. The molecule has 4 nitrogen and oxygen atoms in total. The molecule has 0 saturated heterocycles. The average Bonchev–Trinajstić information content (AvgIpc) is 2.90. The summed E-state index contributed by atoms with van der Waals surface area (Å²) in [6.07, 6.45) is 3.96. The van der Waals surface area contributed by atoms with Crippen molar-refractivity contribution in [3.63, 3.8) is 0 Å². The van der Waals surface area contributed by atoms with Gasteiger partial charge in [-0.2, -0.15) is 0 Å². The van der Waals surface area contributed by atoms with E-state index in [-0.39, 0.29) is 11.9 Å². The van der Waals surface area contributed by atoms with Crippen molar-refractivity contribution in [1.82, 2.24) is 5.32 Å². The maximum Gasteiger partial charge on any atom is 0.267 e. The normalized spacial score (nSPS) is 19.2. The summed E-state index contributed by atoms with van der Waals surface area (Å²) < 4.78 is 0. The van der Waals surface area contributed by atoms with Crippen LogP contribution in [0.1, 0.15) is 32.6 Å². The molecular weight excluding hydrogens is 178 g/mol. The van der Waals surface area contributed by atoms with Crippen molar-refractivity contribution in [3.8, 4) is 0 Å². The van der Waals surface area contributed by atoms with E-state index in [4.69, 9.17) is 5.73 Å². The van der Waals surface area contributed by atoms with E-state index < -0.39 is 0 Å². The summed E-state index contributed by atoms with van der Waals surface area (Å²) >= 11 is 0. The van der Waals surface area contributed by atoms with Crippen molar-refractivity contribution in [2.75, 3.05) is 7.05 Å². The fourth-order valence-electron chi connectivity index (χ4n) is 1.37. The lowest BCUT2D eigenvalue weighted by molar-refractivity contribution is -0.115. The first-order valence-electron chi connectivity index (χ1n) is 5.22. The van der Waals surface area contributed by atoms with Crippen molar-refractivity contribution >= 4 is 11.6 Å². The second kappa shape index (κ2) is 5.10. The molecule has 1 saturated carbocycles. The van der Waals surface area contributed by atoms with E-state index in [0.29, 0.717) is 11.8 Å². The molecule has 0 aromatic rings. The monoisotopic (exact) mass is 197 g/mol. The highest BCUT2D eigenvalue weighted by Crippen LogP contribution is 2.18. The Morgan fingerprint density at radius 3 is 2.71 bits per heavy atom. The zero-order valence-electron chi connectivity index (χ0n) is 8.92. The van der Waals surface area contributed by atoms with Crippen molar-refractivity contribution in [3.05, 3.63) is 0 Å². The largest absolute Gasteiger partial charge is 0.348 e. The number of carbonyl (C=O) groups excluding carboxylic acids is 1. The molecule has 1 aliphatic carbocycles. The van der Waals surface area contributed by atoms with Gasteiger partial charge in [-0.25, -0.2) is 0 Å². The summed E-state index contributed by atoms with van der Waals surface area (Å²) in [5.74, 6) is -0.0871. The van der Waals surface area contributed by atoms with E-state index in [9.17, 15) is 4.79 Å². The Morgan fingerprint density at radius 2 is 2.29 bits per heavy atom. The van der Waals surface area contributed by atoms with E-state index in [1.54, 1.807) is 7.05 Å². The quantitative estimate of drug-likeness (QED) is 0.629. The van der Waals surface area contributed by atoms with Crippen LogP contribution in [0.15, 0.2) is 4.99 Å². The molecule has 4 heteroatoms. The molecular formula is C10H19N3O. The highest BCUT2D eigenvalue weighted by Gasteiger charge is 2.26. The first-order chi connectivity index (χ1) is 6.69. The van der Waals surface area contributed by atoms with Crippen LogP contribution in [-0.4, -0.2) is 30.8 Å². The van der Waals surface area contributed by atoms with E-state index in [0.717, 1.165) is 25.7 Å². The Hall–Kier alpha value is -0.900. The third kappa shape index (κ3) is 3.10. The minimum absolute atomic E-state index is 0.0871. The van der Waals surface area contributed by atoms with E-state index in [1.807, 2.05) is 6.92 Å². The number of nitrogens with two attached hydrogens (primary N) is 1. The van der Waals surface area contributed by atoms with Gasteiger partial charge in [0.25, 0.3) is 5.91 Å². The van der Waals surface area contributed by atoms with Crippen LogP contribution in [-0.2, 0) is 4.79 Å². The fourth-order valence-corrected chi connectivity index (χ4v) is 1.37. The predicted octanol–water partition coefficient (Wildman–Crippen LogP) is 0.463. The fraction of sp³-hybridized carbons (Fsp3) is 0.800. The SMILES string of the molecule is CCCC(N)C(=NC)C(=O)NC1CC1. The van der Waals surface area contributed by atoms with Crippen LogP contribution < -0.4 is 11.1 Å². The molecule has 0 bridgehead atoms. The number of nitrogens with one attached hydrogen (secondary N) is 1. The number of carbonyl (C=O) groups is 1. The van der Waals surface area contributed by atoms with Gasteiger partial charge in [0.15, 0.2) is 0 Å². The van der Waals surface area contributed by atoms with Crippen LogP contribution in [0.4, 0.5) is 0 Å². The van der Waals surface area contributed by atoms with Crippen LogP contribution in [0.2, 0.25) is 0 Å². The van der Waals surface area contributed by atoms with Crippen molar-refractivity contribution < 1.29 is 4.79 Å². The molecule has 14 heavy (non-hydrogen) atoms. The lowest BCUT2D eigenvalue weighted by Crippen LogP contribution is -2.43. The van der Waals surface area contributed by atoms with E-state index in [2.05, 4.69) is 10.3 Å². The van der Waals surface area contributed by atoms with Gasteiger partial charge in [0.1, 0.15) is 5.71 Å². The lowest BCUT2D eigenvalue weighted by Gasteiger charge is -2.12. The van der Waals surface area contributed by atoms with Crippen LogP contribution in [0.3, 0.4) is 0 Å².